The monoisotopic (exact) mass is 724 g/mol. The van der Waals surface area contributed by atoms with Crippen LogP contribution in [0.3, 0.4) is 0 Å². The number of allylic oxidation sites excluding steroid dienone is 1. The van der Waals surface area contributed by atoms with Gasteiger partial charge < -0.3 is 0 Å². The normalized spacial score (nSPS) is 15.5. The molecule has 248 valence electrons. The Balaban J connectivity index is 4.71. The highest BCUT2D eigenvalue weighted by molar-refractivity contribution is 7.51. The van der Waals surface area contributed by atoms with E-state index in [4.69, 9.17) is 0 Å². The Morgan fingerprint density at radius 2 is 0.814 bits per heavy atom. The quantitative estimate of drug-likeness (QED) is 0.112. The molecule has 1 aromatic rings. The standard InChI is InChI=1S/C34H73OPSi7/c1-26(35)30(37(2,3)4)25-36-31-28(33(40(11,12)13)41(14,15)16)23-27(32(38(5,6)7)39(8,9)10)24-29(31)34(42(17,18)19)43(20,21)22/h23-25,32-34,36H,1-22H3/b30-25-. The Labute approximate surface area is 279 Å². The van der Waals surface area contributed by atoms with Crippen molar-refractivity contribution in [3.8, 4) is 0 Å². The van der Waals surface area contributed by atoms with Gasteiger partial charge in [-0.2, -0.15) is 0 Å². The first-order chi connectivity index (χ1) is 18.6. The number of Topliss-reactive ketones (excluding diaryl/α,β-unsaturated/α-hetero) is 1. The van der Waals surface area contributed by atoms with E-state index in [2.05, 4.69) is 155 Å². The average molecular weight is 726 g/mol. The molecule has 0 bridgehead atoms. The fraction of sp³-hybridized carbons (Fsp3) is 0.735. The molecule has 0 N–H and O–H groups in total. The van der Waals surface area contributed by atoms with Crippen LogP contribution in [0.4, 0.5) is 0 Å². The van der Waals surface area contributed by atoms with Crippen molar-refractivity contribution in [1.82, 2.24) is 0 Å². The van der Waals surface area contributed by atoms with Crippen LogP contribution in [-0.4, -0.2) is 62.3 Å². The SMILES string of the molecule is CC(=O)/C(=C/Pc1c(C([Si](C)(C)C)[Si](C)(C)C)cc(C([Si](C)(C)C)[Si](C)(C)C)cc1C([Si](C)(C)C)[Si](C)(C)C)[Si](C)(C)C. The predicted molar refractivity (Wildman–Crippen MR) is 225 cm³/mol. The summed E-state index contributed by atoms with van der Waals surface area (Å²) >= 11 is 0. The van der Waals surface area contributed by atoms with Gasteiger partial charge in [0.25, 0.3) is 0 Å². The second-order valence-electron chi connectivity index (χ2n) is 21.1. The molecule has 1 nitrogen and oxygen atoms in total. The van der Waals surface area contributed by atoms with Crippen LogP contribution in [0.25, 0.3) is 0 Å². The Hall–Kier alpha value is 0.578. The second-order valence-corrected chi connectivity index (χ2v) is 60.8. The largest absolute Gasteiger partial charge is 0.295 e. The smallest absolute Gasteiger partial charge is 0.151 e. The van der Waals surface area contributed by atoms with E-state index < -0.39 is 56.5 Å². The summed E-state index contributed by atoms with van der Waals surface area (Å²) in [5.41, 5.74) is 5.14. The van der Waals surface area contributed by atoms with Crippen LogP contribution in [0.5, 0.6) is 0 Å². The summed E-state index contributed by atoms with van der Waals surface area (Å²) in [5, 5.41) is 4.91. The Morgan fingerprint density at radius 1 is 0.535 bits per heavy atom. The van der Waals surface area contributed by atoms with Crippen molar-refractivity contribution in [3.05, 3.63) is 39.8 Å². The van der Waals surface area contributed by atoms with E-state index in [-0.39, 0.29) is 0 Å². The van der Waals surface area contributed by atoms with E-state index >= 15 is 0 Å². The molecule has 1 atom stereocenters. The van der Waals surface area contributed by atoms with E-state index in [1.54, 1.807) is 22.0 Å². The van der Waals surface area contributed by atoms with Crippen molar-refractivity contribution in [2.45, 2.75) is 160 Å². The predicted octanol–water partition coefficient (Wildman–Crippen LogP) is 11.9. The zero-order valence-electron chi connectivity index (χ0n) is 32.9. The van der Waals surface area contributed by atoms with Crippen LogP contribution in [0.2, 0.25) is 137 Å². The molecule has 43 heavy (non-hydrogen) atoms. The zero-order valence-corrected chi connectivity index (χ0v) is 40.9. The minimum Gasteiger partial charge on any atom is -0.295 e. The maximum Gasteiger partial charge on any atom is 0.151 e. The summed E-state index contributed by atoms with van der Waals surface area (Å²) < 4.78 is 0. The Morgan fingerprint density at radius 3 is 1.02 bits per heavy atom. The van der Waals surface area contributed by atoms with Gasteiger partial charge in [-0.3, -0.25) is 4.79 Å². The molecule has 1 unspecified atom stereocenters. The number of ketones is 1. The van der Waals surface area contributed by atoms with Gasteiger partial charge in [-0.25, -0.2) is 0 Å². The number of carbonyl (C=O) groups is 1. The summed E-state index contributed by atoms with van der Waals surface area (Å²) in [7, 11) is -10.5. The highest BCUT2D eigenvalue weighted by Gasteiger charge is 2.46. The van der Waals surface area contributed by atoms with E-state index in [1.807, 2.05) is 6.92 Å². The number of benzene rings is 1. The van der Waals surface area contributed by atoms with Crippen LogP contribution in [0.15, 0.2) is 23.1 Å². The van der Waals surface area contributed by atoms with Gasteiger partial charge in [-0.05, 0) is 49.6 Å². The first-order valence-electron chi connectivity index (χ1n) is 16.8. The van der Waals surface area contributed by atoms with Gasteiger partial charge in [0, 0.05) is 48.4 Å². The molecule has 0 heterocycles. The lowest BCUT2D eigenvalue weighted by molar-refractivity contribution is -0.113. The van der Waals surface area contributed by atoms with Crippen LogP contribution >= 0.6 is 8.58 Å². The van der Waals surface area contributed by atoms with Crippen LogP contribution in [0, 0.1) is 0 Å². The number of hydrogen-bond acceptors (Lipinski definition) is 1. The highest BCUT2D eigenvalue weighted by atomic mass is 31.1. The second kappa shape index (κ2) is 13.6. The molecular weight excluding hydrogens is 652 g/mol. The number of hydrogen-bond donors (Lipinski definition) is 0. The minimum absolute atomic E-state index is 0.294. The Kier molecular flexibility index (Phi) is 13.2. The topological polar surface area (TPSA) is 17.1 Å². The fourth-order valence-corrected chi connectivity index (χ4v) is 52.2. The molecule has 0 fully saturated rings. The third-order valence-corrected chi connectivity index (χ3v) is 40.5. The number of carbonyl (C=O) groups excluding carboxylic acids is 1. The van der Waals surface area contributed by atoms with Gasteiger partial charge >= 0.3 is 0 Å². The molecule has 0 aliphatic rings. The third-order valence-electron chi connectivity index (χ3n) is 8.92. The molecule has 0 amide bonds. The fourth-order valence-electron chi connectivity index (χ4n) is 9.25. The van der Waals surface area contributed by atoms with Gasteiger partial charge in [-0.15, -0.1) is 0 Å². The first-order valence-corrected chi connectivity index (χ1v) is 42.8. The molecule has 1 rings (SSSR count). The van der Waals surface area contributed by atoms with E-state index in [9.17, 15) is 4.79 Å². The summed E-state index contributed by atoms with van der Waals surface area (Å²) in [6, 6.07) is 5.60. The van der Waals surface area contributed by atoms with Crippen molar-refractivity contribution >= 4 is 76.2 Å². The minimum atomic E-state index is -1.75. The summed E-state index contributed by atoms with van der Waals surface area (Å²) in [5.74, 6) is 2.74. The van der Waals surface area contributed by atoms with Crippen molar-refractivity contribution in [2.75, 3.05) is 0 Å². The van der Waals surface area contributed by atoms with Crippen molar-refractivity contribution in [1.29, 1.82) is 0 Å². The van der Waals surface area contributed by atoms with Gasteiger partial charge in [0.15, 0.2) is 5.78 Å². The first kappa shape index (κ1) is 41.6. The van der Waals surface area contributed by atoms with Gasteiger partial charge in [0.2, 0.25) is 0 Å². The molecule has 0 radical (unpaired) electrons. The van der Waals surface area contributed by atoms with Crippen molar-refractivity contribution in [3.63, 3.8) is 0 Å². The highest BCUT2D eigenvalue weighted by Crippen LogP contribution is 2.46. The molecule has 0 saturated carbocycles. The Bertz CT molecular complexity index is 1080. The van der Waals surface area contributed by atoms with E-state index in [0.717, 1.165) is 10.4 Å². The molecule has 0 saturated heterocycles. The molecule has 0 aliphatic carbocycles. The maximum absolute atomic E-state index is 13.1. The molecule has 0 spiro atoms. The van der Waals surface area contributed by atoms with Gasteiger partial charge in [-0.1, -0.05) is 164 Å². The van der Waals surface area contributed by atoms with Crippen molar-refractivity contribution in [2.24, 2.45) is 0 Å². The average Bonchev–Trinajstić information content (AvgIpc) is 2.61. The van der Waals surface area contributed by atoms with E-state index in [0.29, 0.717) is 24.7 Å². The zero-order chi connectivity index (χ0) is 34.5. The molecule has 1 aromatic carbocycles. The van der Waals surface area contributed by atoms with Gasteiger partial charge in [0.1, 0.15) is 0 Å². The third kappa shape index (κ3) is 11.1. The molecule has 0 aliphatic heterocycles. The summed E-state index contributed by atoms with van der Waals surface area (Å²) in [6.07, 6.45) is 0. The number of rotatable bonds is 13. The molecule has 9 heteroatoms. The van der Waals surface area contributed by atoms with E-state index in [1.165, 1.54) is 0 Å². The lowest BCUT2D eigenvalue weighted by Gasteiger charge is -2.45. The maximum atomic E-state index is 13.1. The van der Waals surface area contributed by atoms with Crippen LogP contribution < -0.4 is 5.30 Å². The molecular formula is C34H73OPSi7. The van der Waals surface area contributed by atoms with Crippen LogP contribution in [0.1, 0.15) is 39.1 Å². The van der Waals surface area contributed by atoms with Crippen LogP contribution in [-0.2, 0) is 4.79 Å². The molecule has 0 aromatic heterocycles. The lowest BCUT2D eigenvalue weighted by Crippen LogP contribution is -2.51. The summed E-state index contributed by atoms with van der Waals surface area (Å²) in [4.78, 5) is 13.1. The summed E-state index contributed by atoms with van der Waals surface area (Å²) in [6.45, 7) is 56.3. The lowest BCUT2D eigenvalue weighted by atomic mass is 10.1. The van der Waals surface area contributed by atoms with Gasteiger partial charge in [0.05, 0.1) is 8.07 Å². The van der Waals surface area contributed by atoms with Crippen molar-refractivity contribution < 1.29 is 4.79 Å².